The van der Waals surface area contributed by atoms with Crippen LogP contribution in [0.2, 0.25) is 0 Å². The molecule has 1 aliphatic heterocycles. The zero-order valence-electron chi connectivity index (χ0n) is 6.48. The number of nitrogens with zero attached hydrogens (tertiary/aromatic N) is 1. The van der Waals surface area contributed by atoms with Crippen LogP contribution in [-0.2, 0) is 0 Å². The third-order valence-corrected chi connectivity index (χ3v) is 2.32. The molecule has 0 saturated heterocycles. The summed E-state index contributed by atoms with van der Waals surface area (Å²) in [5, 5.41) is 3.48. The molecule has 56 valence electrons. The summed E-state index contributed by atoms with van der Waals surface area (Å²) in [4.78, 5) is 4.37. The zero-order chi connectivity index (χ0) is 7.03. The Kier molecular flexibility index (Phi) is 1.22. The van der Waals surface area contributed by atoms with E-state index >= 15 is 0 Å². The Morgan fingerprint density at radius 2 is 2.30 bits per heavy atom. The SMILES string of the molecule is CC1(NC2=NCCC2)CC1. The van der Waals surface area contributed by atoms with Crippen LogP contribution in [0.25, 0.3) is 0 Å². The van der Waals surface area contributed by atoms with Crippen molar-refractivity contribution in [1.82, 2.24) is 5.32 Å². The summed E-state index contributed by atoms with van der Waals surface area (Å²) >= 11 is 0. The van der Waals surface area contributed by atoms with E-state index in [0.29, 0.717) is 5.54 Å². The second-order valence-corrected chi connectivity index (χ2v) is 3.62. The fourth-order valence-electron chi connectivity index (χ4n) is 1.30. The molecule has 0 spiro atoms. The molecule has 0 aromatic rings. The van der Waals surface area contributed by atoms with Gasteiger partial charge in [-0.1, -0.05) is 0 Å². The van der Waals surface area contributed by atoms with E-state index in [1.807, 2.05) is 0 Å². The predicted octanol–water partition coefficient (Wildman–Crippen LogP) is 1.32. The van der Waals surface area contributed by atoms with Gasteiger partial charge in [0.05, 0.1) is 5.84 Å². The minimum absolute atomic E-state index is 0.434. The lowest BCUT2D eigenvalue weighted by atomic mass is 10.3. The van der Waals surface area contributed by atoms with Gasteiger partial charge in [-0.15, -0.1) is 0 Å². The Bertz CT molecular complexity index is 168. The van der Waals surface area contributed by atoms with E-state index in [4.69, 9.17) is 0 Å². The summed E-state index contributed by atoms with van der Waals surface area (Å²) in [6.07, 6.45) is 5.08. The molecule has 2 nitrogen and oxygen atoms in total. The van der Waals surface area contributed by atoms with E-state index in [1.54, 1.807) is 0 Å². The highest BCUT2D eigenvalue weighted by Crippen LogP contribution is 2.34. The summed E-state index contributed by atoms with van der Waals surface area (Å²) in [5.41, 5.74) is 0.434. The average Bonchev–Trinajstić information content (AvgIpc) is 2.47. The molecule has 2 rings (SSSR count). The van der Waals surface area contributed by atoms with Gasteiger partial charge in [0.2, 0.25) is 0 Å². The summed E-state index contributed by atoms with van der Waals surface area (Å²) in [5.74, 6) is 1.25. The van der Waals surface area contributed by atoms with Crippen LogP contribution in [0.3, 0.4) is 0 Å². The monoisotopic (exact) mass is 138 g/mol. The van der Waals surface area contributed by atoms with Crippen molar-refractivity contribution in [3.8, 4) is 0 Å². The lowest BCUT2D eigenvalue weighted by Gasteiger charge is -2.11. The van der Waals surface area contributed by atoms with E-state index in [1.165, 1.54) is 31.5 Å². The molecule has 0 unspecified atom stereocenters. The summed E-state index contributed by atoms with van der Waals surface area (Å²) in [6.45, 7) is 3.31. The van der Waals surface area contributed by atoms with Gasteiger partial charge in [0.15, 0.2) is 0 Å². The molecule has 1 saturated carbocycles. The Hall–Kier alpha value is -0.530. The maximum atomic E-state index is 4.37. The quantitative estimate of drug-likeness (QED) is 0.580. The summed E-state index contributed by atoms with van der Waals surface area (Å²) < 4.78 is 0. The van der Waals surface area contributed by atoms with Crippen molar-refractivity contribution >= 4 is 5.84 Å². The Morgan fingerprint density at radius 1 is 1.50 bits per heavy atom. The minimum Gasteiger partial charge on any atom is -0.369 e. The van der Waals surface area contributed by atoms with Crippen molar-refractivity contribution in [1.29, 1.82) is 0 Å². The van der Waals surface area contributed by atoms with Crippen molar-refractivity contribution in [3.63, 3.8) is 0 Å². The number of hydrogen-bond acceptors (Lipinski definition) is 2. The molecule has 0 amide bonds. The molecule has 10 heavy (non-hydrogen) atoms. The number of hydrogen-bond donors (Lipinski definition) is 1. The van der Waals surface area contributed by atoms with E-state index < -0.39 is 0 Å². The number of nitrogens with one attached hydrogen (secondary N) is 1. The lowest BCUT2D eigenvalue weighted by Crippen LogP contribution is -2.32. The molecule has 0 aromatic carbocycles. The molecule has 0 bridgehead atoms. The van der Waals surface area contributed by atoms with Gasteiger partial charge in [0.25, 0.3) is 0 Å². The first-order chi connectivity index (χ1) is 4.79. The Labute approximate surface area is 61.7 Å². The molecular formula is C8H14N2. The van der Waals surface area contributed by atoms with Gasteiger partial charge in [-0.3, -0.25) is 4.99 Å². The van der Waals surface area contributed by atoms with Gasteiger partial charge in [-0.05, 0) is 26.2 Å². The highest BCUT2D eigenvalue weighted by Gasteiger charge is 2.37. The van der Waals surface area contributed by atoms with Crippen LogP contribution >= 0.6 is 0 Å². The second kappa shape index (κ2) is 1.97. The van der Waals surface area contributed by atoms with Crippen LogP contribution in [0, 0.1) is 0 Å². The molecule has 0 radical (unpaired) electrons. The summed E-state index contributed by atoms with van der Waals surface area (Å²) in [6, 6.07) is 0. The van der Waals surface area contributed by atoms with Crippen molar-refractivity contribution in [2.45, 2.75) is 38.1 Å². The van der Waals surface area contributed by atoms with Crippen LogP contribution in [0.5, 0.6) is 0 Å². The van der Waals surface area contributed by atoms with Crippen LogP contribution in [0.15, 0.2) is 4.99 Å². The highest BCUT2D eigenvalue weighted by molar-refractivity contribution is 5.84. The second-order valence-electron chi connectivity index (χ2n) is 3.62. The minimum atomic E-state index is 0.434. The topological polar surface area (TPSA) is 24.4 Å². The first kappa shape index (κ1) is 6.20. The fraction of sp³-hybridized carbons (Fsp3) is 0.875. The maximum Gasteiger partial charge on any atom is 0.0967 e. The third-order valence-electron chi connectivity index (χ3n) is 2.32. The van der Waals surface area contributed by atoms with E-state index in [9.17, 15) is 0 Å². The van der Waals surface area contributed by atoms with Crippen molar-refractivity contribution in [3.05, 3.63) is 0 Å². The van der Waals surface area contributed by atoms with Gasteiger partial charge in [-0.25, -0.2) is 0 Å². The Balaban J connectivity index is 1.89. The number of rotatable bonds is 1. The van der Waals surface area contributed by atoms with E-state index in [0.717, 1.165) is 6.54 Å². The fourth-order valence-corrected chi connectivity index (χ4v) is 1.30. The summed E-state index contributed by atoms with van der Waals surface area (Å²) in [7, 11) is 0. The molecular weight excluding hydrogens is 124 g/mol. The van der Waals surface area contributed by atoms with Gasteiger partial charge >= 0.3 is 0 Å². The van der Waals surface area contributed by atoms with Gasteiger partial charge in [-0.2, -0.15) is 0 Å². The third kappa shape index (κ3) is 1.15. The van der Waals surface area contributed by atoms with Crippen molar-refractivity contribution < 1.29 is 0 Å². The average molecular weight is 138 g/mol. The largest absolute Gasteiger partial charge is 0.369 e. The van der Waals surface area contributed by atoms with Crippen LogP contribution < -0.4 is 5.32 Å². The first-order valence-electron chi connectivity index (χ1n) is 4.10. The number of aliphatic imine (C=N–C) groups is 1. The van der Waals surface area contributed by atoms with Crippen LogP contribution in [0.4, 0.5) is 0 Å². The van der Waals surface area contributed by atoms with Crippen LogP contribution in [0.1, 0.15) is 32.6 Å². The predicted molar refractivity (Wildman–Crippen MR) is 42.3 cm³/mol. The molecule has 0 atom stereocenters. The van der Waals surface area contributed by atoms with Gasteiger partial charge < -0.3 is 5.32 Å². The van der Waals surface area contributed by atoms with Crippen LogP contribution in [-0.4, -0.2) is 17.9 Å². The standard InChI is InChI=1S/C8H14N2/c1-8(4-5-8)10-7-3-2-6-9-7/h2-6H2,1H3,(H,9,10). The molecule has 1 aliphatic carbocycles. The van der Waals surface area contributed by atoms with E-state index in [2.05, 4.69) is 17.2 Å². The van der Waals surface area contributed by atoms with Crippen molar-refractivity contribution in [2.75, 3.05) is 6.54 Å². The first-order valence-corrected chi connectivity index (χ1v) is 4.10. The molecule has 2 aliphatic rings. The Morgan fingerprint density at radius 3 is 2.80 bits per heavy atom. The van der Waals surface area contributed by atoms with Gasteiger partial charge in [0, 0.05) is 18.5 Å². The molecule has 2 heteroatoms. The van der Waals surface area contributed by atoms with Gasteiger partial charge in [0.1, 0.15) is 0 Å². The smallest absolute Gasteiger partial charge is 0.0967 e. The molecule has 1 fully saturated rings. The maximum absolute atomic E-state index is 4.37. The lowest BCUT2D eigenvalue weighted by molar-refractivity contribution is 0.661. The molecule has 1 N–H and O–H groups in total. The number of amidine groups is 1. The normalized spacial score (nSPS) is 27.9. The molecule has 0 aromatic heterocycles. The molecule has 1 heterocycles. The zero-order valence-corrected chi connectivity index (χ0v) is 6.48. The van der Waals surface area contributed by atoms with Crippen molar-refractivity contribution in [2.24, 2.45) is 4.99 Å². The highest BCUT2D eigenvalue weighted by atomic mass is 15.1. The van der Waals surface area contributed by atoms with E-state index in [-0.39, 0.29) is 0 Å².